The highest BCUT2D eigenvalue weighted by molar-refractivity contribution is 5.24. The van der Waals surface area contributed by atoms with E-state index in [1.165, 1.54) is 0 Å². The minimum atomic E-state index is -0.890. The lowest BCUT2D eigenvalue weighted by Gasteiger charge is -2.18. The molecule has 2 aliphatic rings. The first-order chi connectivity index (χ1) is 6.42. The molecule has 0 amide bonds. The van der Waals surface area contributed by atoms with Gasteiger partial charge in [-0.3, -0.25) is 0 Å². The standard InChI is InChI=1S/C12H18O2/c1-11(13,9-3-4-9)7-8-12(2,14)10-5-6-10/h9-10,13-14H,3-6H2,1-2H3/t11-,12-/m0/s1. The molecule has 0 aromatic carbocycles. The molecule has 2 heteroatoms. The third-order valence-corrected chi connectivity index (χ3v) is 3.31. The molecule has 2 aliphatic carbocycles. The fourth-order valence-electron chi connectivity index (χ4n) is 1.75. The van der Waals surface area contributed by atoms with E-state index in [0.29, 0.717) is 11.8 Å². The Morgan fingerprint density at radius 2 is 1.14 bits per heavy atom. The van der Waals surface area contributed by atoms with Crippen molar-refractivity contribution in [1.82, 2.24) is 0 Å². The Bertz CT molecular complexity index is 257. The van der Waals surface area contributed by atoms with Crippen molar-refractivity contribution in [3.63, 3.8) is 0 Å². The molecule has 0 saturated heterocycles. The average molecular weight is 194 g/mol. The molecule has 0 unspecified atom stereocenters. The van der Waals surface area contributed by atoms with Gasteiger partial charge in [-0.05, 0) is 51.4 Å². The van der Waals surface area contributed by atoms with Gasteiger partial charge >= 0.3 is 0 Å². The van der Waals surface area contributed by atoms with Gasteiger partial charge in [0.25, 0.3) is 0 Å². The van der Waals surface area contributed by atoms with Crippen molar-refractivity contribution in [1.29, 1.82) is 0 Å². The van der Waals surface area contributed by atoms with Crippen molar-refractivity contribution in [2.45, 2.75) is 50.7 Å². The maximum atomic E-state index is 9.94. The van der Waals surface area contributed by atoms with Gasteiger partial charge in [0.05, 0.1) is 0 Å². The minimum Gasteiger partial charge on any atom is -0.378 e. The van der Waals surface area contributed by atoms with Crippen molar-refractivity contribution in [3.8, 4) is 11.8 Å². The van der Waals surface area contributed by atoms with Crippen molar-refractivity contribution >= 4 is 0 Å². The minimum absolute atomic E-state index is 0.324. The van der Waals surface area contributed by atoms with Gasteiger partial charge < -0.3 is 10.2 Å². The van der Waals surface area contributed by atoms with Crippen molar-refractivity contribution in [2.24, 2.45) is 11.8 Å². The SMILES string of the molecule is C[C@](O)(C#C[C@](C)(O)C1CC1)C1CC1. The Balaban J connectivity index is 2.03. The van der Waals surface area contributed by atoms with Crippen LogP contribution in [-0.2, 0) is 0 Å². The summed E-state index contributed by atoms with van der Waals surface area (Å²) in [5.41, 5.74) is -1.78. The lowest BCUT2D eigenvalue weighted by molar-refractivity contribution is 0.0861. The summed E-state index contributed by atoms with van der Waals surface area (Å²) in [7, 11) is 0. The largest absolute Gasteiger partial charge is 0.378 e. The fourth-order valence-corrected chi connectivity index (χ4v) is 1.75. The van der Waals surface area contributed by atoms with Gasteiger partial charge in [-0.25, -0.2) is 0 Å². The third kappa shape index (κ3) is 2.10. The smallest absolute Gasteiger partial charge is 0.125 e. The molecule has 2 rings (SSSR count). The zero-order valence-electron chi connectivity index (χ0n) is 8.88. The van der Waals surface area contributed by atoms with Crippen LogP contribution >= 0.6 is 0 Å². The van der Waals surface area contributed by atoms with Gasteiger partial charge in [0.15, 0.2) is 0 Å². The molecule has 0 aromatic heterocycles. The van der Waals surface area contributed by atoms with Gasteiger partial charge in [-0.2, -0.15) is 0 Å². The summed E-state index contributed by atoms with van der Waals surface area (Å²) < 4.78 is 0. The zero-order valence-corrected chi connectivity index (χ0v) is 8.88. The van der Waals surface area contributed by atoms with E-state index in [4.69, 9.17) is 0 Å². The number of rotatable bonds is 2. The first-order valence-electron chi connectivity index (χ1n) is 5.41. The highest BCUT2D eigenvalue weighted by Gasteiger charge is 2.41. The molecule has 2 fully saturated rings. The summed E-state index contributed by atoms with van der Waals surface area (Å²) >= 11 is 0. The van der Waals surface area contributed by atoms with E-state index in [-0.39, 0.29) is 0 Å². The van der Waals surface area contributed by atoms with E-state index in [1.807, 2.05) is 0 Å². The monoisotopic (exact) mass is 194 g/mol. The Morgan fingerprint density at radius 3 is 1.36 bits per heavy atom. The molecule has 2 N–H and O–H groups in total. The Labute approximate surface area is 85.3 Å². The second-order valence-corrected chi connectivity index (χ2v) is 5.09. The summed E-state index contributed by atoms with van der Waals surface area (Å²) in [4.78, 5) is 0. The zero-order chi connectivity index (χ0) is 10.4. The molecule has 0 spiro atoms. The van der Waals surface area contributed by atoms with Crippen LogP contribution in [-0.4, -0.2) is 21.4 Å². The lowest BCUT2D eigenvalue weighted by atomic mass is 9.96. The molecule has 2 atom stereocenters. The summed E-state index contributed by atoms with van der Waals surface area (Å²) in [6.07, 6.45) is 4.25. The number of hydrogen-bond acceptors (Lipinski definition) is 2. The van der Waals surface area contributed by atoms with E-state index in [9.17, 15) is 10.2 Å². The van der Waals surface area contributed by atoms with Crippen molar-refractivity contribution in [2.75, 3.05) is 0 Å². The average Bonchev–Trinajstić information content (AvgIpc) is 2.85. The Morgan fingerprint density at radius 1 is 0.857 bits per heavy atom. The van der Waals surface area contributed by atoms with Crippen LogP contribution in [0, 0.1) is 23.7 Å². The molecule has 2 saturated carbocycles. The third-order valence-electron chi connectivity index (χ3n) is 3.31. The molecule has 2 nitrogen and oxygen atoms in total. The summed E-state index contributed by atoms with van der Waals surface area (Å²) in [5.74, 6) is 6.32. The number of aliphatic hydroxyl groups is 2. The molecular formula is C12H18O2. The Hall–Kier alpha value is -0.520. The van der Waals surface area contributed by atoms with Crippen LogP contribution in [0.15, 0.2) is 0 Å². The molecule has 0 heterocycles. The summed E-state index contributed by atoms with van der Waals surface area (Å²) in [5, 5.41) is 19.9. The Kier molecular flexibility index (Phi) is 2.13. The number of hydrogen-bond donors (Lipinski definition) is 2. The lowest BCUT2D eigenvalue weighted by Crippen LogP contribution is -2.29. The van der Waals surface area contributed by atoms with Crippen molar-refractivity contribution < 1.29 is 10.2 Å². The quantitative estimate of drug-likeness (QED) is 0.651. The molecule has 0 bridgehead atoms. The van der Waals surface area contributed by atoms with Crippen LogP contribution in [0.1, 0.15) is 39.5 Å². The molecular weight excluding hydrogens is 176 g/mol. The van der Waals surface area contributed by atoms with Gasteiger partial charge in [0.2, 0.25) is 0 Å². The molecule has 14 heavy (non-hydrogen) atoms. The van der Waals surface area contributed by atoms with E-state index in [0.717, 1.165) is 25.7 Å². The predicted molar refractivity (Wildman–Crippen MR) is 54.5 cm³/mol. The van der Waals surface area contributed by atoms with Crippen LogP contribution in [0.4, 0.5) is 0 Å². The van der Waals surface area contributed by atoms with Gasteiger partial charge in [-0.15, -0.1) is 0 Å². The van der Waals surface area contributed by atoms with Crippen molar-refractivity contribution in [3.05, 3.63) is 0 Å². The maximum Gasteiger partial charge on any atom is 0.125 e. The second-order valence-electron chi connectivity index (χ2n) is 5.09. The van der Waals surface area contributed by atoms with E-state index in [1.54, 1.807) is 13.8 Å². The highest BCUT2D eigenvalue weighted by atomic mass is 16.3. The van der Waals surface area contributed by atoms with E-state index in [2.05, 4.69) is 11.8 Å². The maximum absolute atomic E-state index is 9.94. The topological polar surface area (TPSA) is 40.5 Å². The van der Waals surface area contributed by atoms with Crippen LogP contribution in [0.25, 0.3) is 0 Å². The van der Waals surface area contributed by atoms with Crippen LogP contribution in [0.5, 0.6) is 0 Å². The summed E-state index contributed by atoms with van der Waals surface area (Å²) in [6.45, 7) is 3.50. The highest BCUT2D eigenvalue weighted by Crippen LogP contribution is 2.41. The summed E-state index contributed by atoms with van der Waals surface area (Å²) in [6, 6.07) is 0. The molecule has 0 radical (unpaired) electrons. The predicted octanol–water partition coefficient (Wildman–Crippen LogP) is 1.31. The van der Waals surface area contributed by atoms with E-state index >= 15 is 0 Å². The van der Waals surface area contributed by atoms with E-state index < -0.39 is 11.2 Å². The molecule has 0 aromatic rings. The molecule has 0 aliphatic heterocycles. The molecule has 78 valence electrons. The normalized spacial score (nSPS) is 29.7. The van der Waals surface area contributed by atoms with Gasteiger partial charge in [0.1, 0.15) is 11.2 Å². The fraction of sp³-hybridized carbons (Fsp3) is 0.833. The first-order valence-corrected chi connectivity index (χ1v) is 5.41. The van der Waals surface area contributed by atoms with Crippen LogP contribution in [0.3, 0.4) is 0 Å². The van der Waals surface area contributed by atoms with Crippen LogP contribution < -0.4 is 0 Å². The first kappa shape index (κ1) is 10.0. The van der Waals surface area contributed by atoms with Gasteiger partial charge in [0, 0.05) is 0 Å². The van der Waals surface area contributed by atoms with Gasteiger partial charge in [-0.1, -0.05) is 11.8 Å². The second kappa shape index (κ2) is 2.98. The van der Waals surface area contributed by atoms with Crippen LogP contribution in [0.2, 0.25) is 0 Å².